The largest absolute Gasteiger partial charge is 0.340 e. The molecule has 3 aliphatic rings. The van der Waals surface area contributed by atoms with Crippen molar-refractivity contribution >= 4 is 67.6 Å². The predicted octanol–water partition coefficient (Wildman–Crippen LogP) is 13.9. The van der Waals surface area contributed by atoms with Gasteiger partial charge in [-0.1, -0.05) is 194 Å². The van der Waals surface area contributed by atoms with Crippen LogP contribution >= 0.6 is 0 Å². The molecule has 0 radical (unpaired) electrons. The summed E-state index contributed by atoms with van der Waals surface area (Å²) in [6, 6.07) is 61.1. The Bertz CT molecular complexity index is 5850. The number of likely N-dealkylation sites (tertiary alicyclic amines) is 2. The number of rotatable bonds is 19. The molecule has 3 fully saturated rings. The number of hydrogen-bond acceptors (Lipinski definition) is 15. The molecule has 3 N–H and O–H groups in total. The number of likely N-dealkylation sites (N-methyl/N-ethyl adjacent to an activating group) is 1. The van der Waals surface area contributed by atoms with E-state index >= 15 is 0 Å². The van der Waals surface area contributed by atoms with Crippen LogP contribution in [0.2, 0.25) is 0 Å². The first-order valence-corrected chi connectivity index (χ1v) is 39.2. The highest BCUT2D eigenvalue weighted by Crippen LogP contribution is 2.36. The highest BCUT2D eigenvalue weighted by Gasteiger charge is 2.31. The van der Waals surface area contributed by atoms with Gasteiger partial charge in [-0.15, -0.1) is 0 Å². The van der Waals surface area contributed by atoms with Gasteiger partial charge in [0.2, 0.25) is 0 Å². The van der Waals surface area contributed by atoms with Crippen molar-refractivity contribution in [2.75, 3.05) is 49.7 Å². The lowest BCUT2D eigenvalue weighted by Gasteiger charge is -2.32. The van der Waals surface area contributed by atoms with Gasteiger partial charge in [0, 0.05) is 75.6 Å². The standard InChI is InChI=1S/C30H37N5O2.C29H29N7O2.C29H36N6O2/c1-30(2,3)20-34-27-25(28(36)33(4)29(34)37)26(31-24-13-9-6-10-14-24)35(32-27)19-21-15-17-23(18-16-21)22-11-7-5-8-12-22;1-33-17-15-23(19-33)36-27-25(28(37)34(2)29(36)38)26(31-22-8-4-3-5-9-22)35(32-27)18-20-11-13-21(14-12-20)24-10-6-7-16-30-24;1-20(2)18-34-27-25(28(36)33(4)29(34)37)26(30-23-10-6-5-7-11-23)35(31-27)19-21-13-15-22(16-14-21)24-12-8-9-17-32(24)3/h6,9-10,13-18,22,31H,5,7-8,11-12,19-20H2,1-4H3;3-14,16,23,31H,15,17-19H2,1-2H3;5-7,10-11,13-16,20,24,30H,8-9,12,17-19H2,1-4H3. The van der Waals surface area contributed by atoms with Crippen LogP contribution in [0.15, 0.2) is 217 Å². The second-order valence-corrected chi connectivity index (χ2v) is 32.0. The zero-order valence-corrected chi connectivity index (χ0v) is 65.9. The Balaban J connectivity index is 0.000000140. The number of piperidine rings is 1. The van der Waals surface area contributed by atoms with Gasteiger partial charge in [-0.2, -0.15) is 15.3 Å². The Morgan fingerprint density at radius 2 is 0.884 bits per heavy atom. The predicted molar refractivity (Wildman–Crippen MR) is 447 cm³/mol. The molecule has 24 heteroatoms. The minimum absolute atomic E-state index is 0.0487. The van der Waals surface area contributed by atoms with Crippen molar-refractivity contribution in [3.05, 3.63) is 279 Å². The number of hydrogen-bond donors (Lipinski definition) is 3. The molecule has 16 rings (SSSR count). The third-order valence-corrected chi connectivity index (χ3v) is 21.7. The van der Waals surface area contributed by atoms with Crippen molar-refractivity contribution in [2.24, 2.45) is 32.5 Å². The summed E-state index contributed by atoms with van der Waals surface area (Å²) in [6.07, 6.45) is 12.8. The average Bonchev–Trinajstić information content (AvgIpc) is 1.59. The van der Waals surface area contributed by atoms with Crippen LogP contribution in [-0.2, 0) is 53.9 Å². The van der Waals surface area contributed by atoms with Crippen molar-refractivity contribution in [2.45, 2.75) is 143 Å². The summed E-state index contributed by atoms with van der Waals surface area (Å²) in [4.78, 5) is 88.9. The second kappa shape index (κ2) is 33.4. The Hall–Kier alpha value is -11.8. The number of benzene rings is 6. The van der Waals surface area contributed by atoms with E-state index in [0.29, 0.717) is 95.2 Å². The van der Waals surface area contributed by atoms with Gasteiger partial charge in [0.25, 0.3) is 16.7 Å². The first-order chi connectivity index (χ1) is 54.0. The van der Waals surface area contributed by atoms with Gasteiger partial charge in [-0.05, 0) is 153 Å². The van der Waals surface area contributed by atoms with Crippen molar-refractivity contribution in [3.63, 3.8) is 0 Å². The van der Waals surface area contributed by atoms with Crippen molar-refractivity contribution < 1.29 is 0 Å². The summed E-state index contributed by atoms with van der Waals surface area (Å²) in [5.41, 5.74) is 9.42. The van der Waals surface area contributed by atoms with Gasteiger partial charge in [0.15, 0.2) is 16.9 Å². The van der Waals surface area contributed by atoms with Crippen molar-refractivity contribution in [1.29, 1.82) is 0 Å². The Morgan fingerprint density at radius 1 is 0.446 bits per heavy atom. The maximum Gasteiger partial charge on any atom is 0.332 e. The Morgan fingerprint density at radius 3 is 1.34 bits per heavy atom. The van der Waals surface area contributed by atoms with Crippen LogP contribution in [0.4, 0.5) is 34.5 Å². The maximum absolute atomic E-state index is 13.5. The minimum Gasteiger partial charge on any atom is -0.340 e. The summed E-state index contributed by atoms with van der Waals surface area (Å²) in [7, 11) is 8.85. The molecule has 0 spiro atoms. The summed E-state index contributed by atoms with van der Waals surface area (Å²) in [6.45, 7) is 15.4. The summed E-state index contributed by atoms with van der Waals surface area (Å²) < 4.78 is 14.0. The molecule has 2 atom stereocenters. The number of anilines is 6. The smallest absolute Gasteiger partial charge is 0.332 e. The first kappa shape index (κ1) is 77.0. The average molecular weight is 1510 g/mol. The molecule has 1 saturated carbocycles. The van der Waals surface area contributed by atoms with Gasteiger partial charge in [-0.25, -0.2) is 28.4 Å². The summed E-state index contributed by atoms with van der Waals surface area (Å²) >= 11 is 0. The van der Waals surface area contributed by atoms with E-state index < -0.39 is 0 Å². The maximum atomic E-state index is 13.5. The van der Waals surface area contributed by atoms with Gasteiger partial charge >= 0.3 is 17.1 Å². The molecule has 7 aromatic heterocycles. The molecule has 0 amide bonds. The molecule has 112 heavy (non-hydrogen) atoms. The van der Waals surface area contributed by atoms with Crippen molar-refractivity contribution in [1.82, 2.24) is 71.5 Å². The SMILES string of the molecule is CC(C)Cn1c(=O)n(C)c(=O)c2c(Nc3ccccc3)n(Cc3ccc(C4CCCCN4C)cc3)nc21.CN1CCC(n2c(=O)n(C)c(=O)c3c(Nc4ccccc4)n(Cc4ccc(-c5ccccn5)cc4)nc32)C1.Cn1c(=O)c2c(Nc3ccccc3)n(Cc3ccc(C4CCCCC4)cc3)nc2n(CC(C)(C)C)c1=O. The van der Waals surface area contributed by atoms with Crippen LogP contribution in [-0.4, -0.2) is 105 Å². The van der Waals surface area contributed by atoms with E-state index in [4.69, 9.17) is 15.3 Å². The molecule has 0 bridgehead atoms. The Labute approximate surface area is 650 Å². The highest BCUT2D eigenvalue weighted by molar-refractivity contribution is 5.91. The first-order valence-electron chi connectivity index (χ1n) is 39.2. The van der Waals surface area contributed by atoms with Crippen LogP contribution in [0, 0.1) is 11.3 Å². The molecular weight excluding hydrogens is 1410 g/mol. The van der Waals surface area contributed by atoms with E-state index in [2.05, 4.69) is 121 Å². The van der Waals surface area contributed by atoms with E-state index in [1.807, 2.05) is 150 Å². The molecule has 2 saturated heterocycles. The molecular formula is C88H102N18O6. The van der Waals surface area contributed by atoms with Gasteiger partial charge in [0.05, 0.1) is 31.4 Å². The normalized spacial score (nSPS) is 15.7. The molecule has 2 aliphatic heterocycles. The number of pyridine rings is 1. The number of nitrogens with one attached hydrogen (secondary N) is 3. The number of aromatic nitrogens is 13. The summed E-state index contributed by atoms with van der Waals surface area (Å²) in [5, 5.41) is 26.1. The van der Waals surface area contributed by atoms with E-state index in [1.54, 1.807) is 31.6 Å². The van der Waals surface area contributed by atoms with E-state index in [-0.39, 0.29) is 51.1 Å². The molecule has 580 valence electrons. The van der Waals surface area contributed by atoms with Crippen LogP contribution in [0.3, 0.4) is 0 Å². The topological polar surface area (TPSA) is 241 Å². The fraction of sp³-hybridized carbons (Fsp3) is 0.364. The number of nitrogens with zero attached hydrogens (tertiary/aromatic N) is 15. The number of fused-ring (bicyclic) bond motifs is 3. The van der Waals surface area contributed by atoms with E-state index in [9.17, 15) is 28.8 Å². The third-order valence-electron chi connectivity index (χ3n) is 21.7. The van der Waals surface area contributed by atoms with Crippen molar-refractivity contribution in [3.8, 4) is 11.3 Å². The minimum atomic E-state index is -0.359. The van der Waals surface area contributed by atoms with Crippen LogP contribution in [0.1, 0.15) is 138 Å². The van der Waals surface area contributed by atoms with Gasteiger partial charge in [-0.3, -0.25) is 51.7 Å². The number of para-hydroxylation sites is 3. The zero-order valence-electron chi connectivity index (χ0n) is 65.9. The van der Waals surface area contributed by atoms with Crippen LogP contribution < -0.4 is 49.7 Å². The lowest BCUT2D eigenvalue weighted by Crippen LogP contribution is -2.40. The van der Waals surface area contributed by atoms with Crippen LogP contribution in [0.25, 0.3) is 44.4 Å². The molecule has 13 aromatic rings. The quantitative estimate of drug-likeness (QED) is 0.0682. The van der Waals surface area contributed by atoms with E-state index in [0.717, 1.165) is 71.1 Å². The summed E-state index contributed by atoms with van der Waals surface area (Å²) in [5.74, 6) is 2.64. The molecule has 1 aliphatic carbocycles. The van der Waals surface area contributed by atoms with E-state index in [1.165, 1.54) is 90.3 Å². The molecule has 9 heterocycles. The van der Waals surface area contributed by atoms with Crippen LogP contribution in [0.5, 0.6) is 0 Å². The second-order valence-electron chi connectivity index (χ2n) is 32.0. The fourth-order valence-electron chi connectivity index (χ4n) is 15.8. The fourth-order valence-corrected chi connectivity index (χ4v) is 15.8. The monoisotopic (exact) mass is 1510 g/mol. The third kappa shape index (κ3) is 16.8. The lowest BCUT2D eigenvalue weighted by molar-refractivity contribution is 0.187. The molecule has 24 nitrogen and oxygen atoms in total. The lowest BCUT2D eigenvalue weighted by atomic mass is 9.84. The highest BCUT2D eigenvalue weighted by atomic mass is 16.2. The zero-order chi connectivity index (χ0) is 78.5. The molecule has 6 aromatic carbocycles. The van der Waals surface area contributed by atoms with Gasteiger partial charge < -0.3 is 20.9 Å². The molecule has 2 unspecified atom stereocenters. The Kier molecular flexibility index (Phi) is 23.0. The van der Waals surface area contributed by atoms with Gasteiger partial charge in [0.1, 0.15) is 33.6 Å².